The van der Waals surface area contributed by atoms with Crippen LogP contribution in [0.2, 0.25) is 5.02 Å². The molecule has 8 nitrogen and oxygen atoms in total. The molecular weight excluding hydrogens is 592 g/mol. The molecule has 5 rings (SSSR count). The second-order valence-corrected chi connectivity index (χ2v) is 13.4. The monoisotopic (exact) mass is 636 g/mol. The molecule has 5 atom stereocenters. The molecule has 9 heteroatoms. The number of amides is 1. The molecule has 0 saturated heterocycles. The van der Waals surface area contributed by atoms with Crippen LogP contribution in [-0.2, 0) is 31.8 Å². The Bertz CT molecular complexity index is 1450. The minimum absolute atomic E-state index is 0.0995. The van der Waals surface area contributed by atoms with E-state index in [1.165, 1.54) is 23.1 Å². The van der Waals surface area contributed by atoms with Crippen molar-refractivity contribution in [3.8, 4) is 5.75 Å². The average molecular weight is 637 g/mol. The van der Waals surface area contributed by atoms with Gasteiger partial charge in [-0.2, -0.15) is 0 Å². The van der Waals surface area contributed by atoms with Gasteiger partial charge in [-0.3, -0.25) is 4.79 Å². The number of hydrogen-bond donors (Lipinski definition) is 2. The fourth-order valence-electron chi connectivity index (χ4n) is 7.32. The van der Waals surface area contributed by atoms with Crippen molar-refractivity contribution in [2.24, 2.45) is 11.8 Å². The maximum Gasteiger partial charge on any atom is 0.343 e. The minimum Gasteiger partial charge on any atom is -0.490 e. The van der Waals surface area contributed by atoms with Gasteiger partial charge in [0.05, 0.1) is 31.9 Å². The maximum absolute atomic E-state index is 13.2. The van der Waals surface area contributed by atoms with Crippen LogP contribution in [-0.4, -0.2) is 73.5 Å². The number of hydrogen-bond acceptors (Lipinski definition) is 7. The summed E-state index contributed by atoms with van der Waals surface area (Å²) in [5.74, 6) is -0.338. The summed E-state index contributed by atoms with van der Waals surface area (Å²) >= 11 is 6.40. The van der Waals surface area contributed by atoms with Crippen LogP contribution < -0.4 is 9.64 Å². The number of halogens is 1. The number of esters is 1. The summed E-state index contributed by atoms with van der Waals surface area (Å²) in [6.45, 7) is 9.69. The zero-order chi connectivity index (χ0) is 32.4. The van der Waals surface area contributed by atoms with E-state index in [-0.39, 0.29) is 28.7 Å². The highest BCUT2D eigenvalue weighted by molar-refractivity contribution is 6.30. The SMILES string of the molecule is C=CCCN(C)C(=O)CC(O)(C(=O)OC)c1ccc2c(c1)N(C[C@@H]1CC[C@H]1C(O)C=C)CC1(CCCc3cc(Cl)ccc31)CO2. The Morgan fingerprint density at radius 2 is 2.07 bits per heavy atom. The molecule has 0 bridgehead atoms. The molecule has 1 amide bonds. The Balaban J connectivity index is 1.55. The maximum atomic E-state index is 13.2. The van der Waals surface area contributed by atoms with Gasteiger partial charge in [0.15, 0.2) is 5.60 Å². The smallest absolute Gasteiger partial charge is 0.343 e. The van der Waals surface area contributed by atoms with E-state index in [1.54, 1.807) is 37.4 Å². The first-order valence-corrected chi connectivity index (χ1v) is 16.2. The van der Waals surface area contributed by atoms with Gasteiger partial charge >= 0.3 is 5.97 Å². The molecule has 3 aliphatic rings. The number of carbonyl (C=O) groups excluding carboxylic acids is 2. The number of ether oxygens (including phenoxy) is 2. The summed E-state index contributed by atoms with van der Waals surface area (Å²) in [5, 5.41) is 23.2. The van der Waals surface area contributed by atoms with E-state index >= 15 is 0 Å². The third-order valence-electron chi connectivity index (χ3n) is 10.2. The number of aryl methyl sites for hydroxylation is 1. The van der Waals surface area contributed by atoms with Gasteiger partial charge in [0.25, 0.3) is 0 Å². The summed E-state index contributed by atoms with van der Waals surface area (Å²) in [4.78, 5) is 30.1. The number of rotatable bonds is 11. The molecule has 2 aliphatic carbocycles. The van der Waals surface area contributed by atoms with Crippen molar-refractivity contribution >= 4 is 29.2 Å². The largest absolute Gasteiger partial charge is 0.490 e. The lowest BCUT2D eigenvalue weighted by atomic mass is 9.68. The van der Waals surface area contributed by atoms with E-state index in [1.807, 2.05) is 6.07 Å². The molecule has 1 aliphatic heterocycles. The second-order valence-electron chi connectivity index (χ2n) is 12.9. The van der Waals surface area contributed by atoms with E-state index in [0.29, 0.717) is 43.4 Å². The fourth-order valence-corrected chi connectivity index (χ4v) is 7.52. The van der Waals surface area contributed by atoms with Crippen LogP contribution in [0.15, 0.2) is 61.7 Å². The van der Waals surface area contributed by atoms with Crippen molar-refractivity contribution in [3.05, 3.63) is 83.4 Å². The van der Waals surface area contributed by atoms with Gasteiger partial charge in [0.2, 0.25) is 5.91 Å². The van der Waals surface area contributed by atoms with E-state index in [2.05, 4.69) is 30.2 Å². The topological polar surface area (TPSA) is 99.5 Å². The summed E-state index contributed by atoms with van der Waals surface area (Å²) in [6, 6.07) is 11.3. The molecule has 0 radical (unpaired) electrons. The lowest BCUT2D eigenvalue weighted by molar-refractivity contribution is -0.168. The molecule has 1 spiro atoms. The van der Waals surface area contributed by atoms with Gasteiger partial charge in [0.1, 0.15) is 5.75 Å². The van der Waals surface area contributed by atoms with Crippen LogP contribution in [0.5, 0.6) is 5.75 Å². The van der Waals surface area contributed by atoms with Gasteiger partial charge in [0, 0.05) is 37.1 Å². The normalized spacial score (nSPS) is 24.1. The number of aliphatic hydroxyl groups is 2. The van der Waals surface area contributed by atoms with Crippen molar-refractivity contribution in [3.63, 3.8) is 0 Å². The zero-order valence-electron chi connectivity index (χ0n) is 26.3. The molecule has 1 saturated carbocycles. The summed E-state index contributed by atoms with van der Waals surface area (Å²) < 4.78 is 11.6. The third kappa shape index (κ3) is 6.51. The first-order valence-electron chi connectivity index (χ1n) is 15.8. The zero-order valence-corrected chi connectivity index (χ0v) is 27.1. The molecule has 2 aromatic rings. The number of carbonyl (C=O) groups is 2. The summed E-state index contributed by atoms with van der Waals surface area (Å²) in [7, 11) is 2.84. The van der Waals surface area contributed by atoms with Crippen molar-refractivity contribution in [1.82, 2.24) is 4.90 Å². The van der Waals surface area contributed by atoms with Gasteiger partial charge in [-0.15, -0.1) is 13.2 Å². The van der Waals surface area contributed by atoms with Crippen LogP contribution in [0.1, 0.15) is 55.2 Å². The fraction of sp³-hybridized carbons (Fsp3) is 0.500. The number of nitrogens with zero attached hydrogens (tertiary/aromatic N) is 2. The van der Waals surface area contributed by atoms with Gasteiger partial charge < -0.3 is 29.5 Å². The Morgan fingerprint density at radius 1 is 1.27 bits per heavy atom. The molecular formula is C36H45ClN2O6. The Hall–Kier alpha value is -3.33. The number of benzene rings is 2. The predicted octanol–water partition coefficient (Wildman–Crippen LogP) is 5.17. The van der Waals surface area contributed by atoms with Crippen molar-refractivity contribution < 1.29 is 29.3 Å². The third-order valence-corrected chi connectivity index (χ3v) is 10.4. The first-order chi connectivity index (χ1) is 21.5. The Labute approximate surface area is 271 Å². The van der Waals surface area contributed by atoms with Gasteiger partial charge in [-0.25, -0.2) is 4.79 Å². The molecule has 1 heterocycles. The highest BCUT2D eigenvalue weighted by Gasteiger charge is 2.46. The van der Waals surface area contributed by atoms with Crippen LogP contribution in [0.4, 0.5) is 5.69 Å². The molecule has 1 fully saturated rings. The van der Waals surface area contributed by atoms with E-state index < -0.39 is 24.1 Å². The lowest BCUT2D eigenvalue weighted by Gasteiger charge is -2.45. The van der Waals surface area contributed by atoms with Gasteiger partial charge in [-0.05, 0) is 91.3 Å². The molecule has 242 valence electrons. The number of aliphatic hydroxyl groups excluding tert-OH is 1. The molecule has 45 heavy (non-hydrogen) atoms. The Kier molecular flexibility index (Phi) is 9.97. The number of anilines is 1. The molecule has 2 aromatic carbocycles. The Morgan fingerprint density at radius 3 is 2.76 bits per heavy atom. The van der Waals surface area contributed by atoms with Crippen LogP contribution in [0.3, 0.4) is 0 Å². The molecule has 2 N–H and O–H groups in total. The van der Waals surface area contributed by atoms with Crippen molar-refractivity contribution in [2.75, 3.05) is 45.3 Å². The second kappa shape index (κ2) is 13.6. The van der Waals surface area contributed by atoms with E-state index in [9.17, 15) is 19.8 Å². The van der Waals surface area contributed by atoms with Crippen LogP contribution in [0, 0.1) is 11.8 Å². The van der Waals surface area contributed by atoms with Gasteiger partial charge in [-0.1, -0.05) is 35.9 Å². The first kappa shape index (κ1) is 33.0. The average Bonchev–Trinajstić information content (AvgIpc) is 3.17. The molecule has 0 aromatic heterocycles. The molecule has 3 unspecified atom stereocenters. The summed E-state index contributed by atoms with van der Waals surface area (Å²) in [6.07, 6.45) is 7.62. The van der Waals surface area contributed by atoms with Crippen molar-refractivity contribution in [2.45, 2.75) is 62.1 Å². The predicted molar refractivity (Wildman–Crippen MR) is 176 cm³/mol. The lowest BCUT2D eigenvalue weighted by Crippen LogP contribution is -2.49. The number of fused-ring (bicyclic) bond motifs is 3. The number of methoxy groups -OCH3 is 1. The summed E-state index contributed by atoms with van der Waals surface area (Å²) in [5.41, 5.74) is 0.939. The highest BCUT2D eigenvalue weighted by atomic mass is 35.5. The van der Waals surface area contributed by atoms with Crippen molar-refractivity contribution in [1.29, 1.82) is 0 Å². The minimum atomic E-state index is -2.20. The standard InChI is InChI=1S/C36H45ClN2O6/c1-5-7-17-38(3)33(41)20-36(43,34(42)44-4)26-11-15-32-30(19-26)39(21-25-10-13-28(25)31(40)6-2)22-35(23-45-32)16-8-9-24-18-27(37)12-14-29(24)35/h5-6,11-12,14-15,18-19,25,28,31,40,43H,1-2,7-10,13,16-17,20-23H2,3-4H3/t25-,28+,31?,35?,36?/m0/s1. The van der Waals surface area contributed by atoms with Crippen LogP contribution in [0.25, 0.3) is 0 Å². The highest BCUT2D eigenvalue weighted by Crippen LogP contribution is 2.47. The quantitative estimate of drug-likeness (QED) is 0.259. The van der Waals surface area contributed by atoms with E-state index in [0.717, 1.165) is 37.8 Å². The van der Waals surface area contributed by atoms with Crippen LogP contribution >= 0.6 is 11.6 Å². The van der Waals surface area contributed by atoms with E-state index in [4.69, 9.17) is 21.1 Å².